The van der Waals surface area contributed by atoms with Crippen LogP contribution in [0.1, 0.15) is 88.3 Å². The Morgan fingerprint density at radius 3 is 2.17 bits per heavy atom. The Hall–Kier alpha value is -2.39. The quantitative estimate of drug-likeness (QED) is 0.483. The fourth-order valence-electron chi connectivity index (χ4n) is 4.30. The van der Waals surface area contributed by atoms with E-state index in [1.807, 2.05) is 24.3 Å². The second-order valence-electron chi connectivity index (χ2n) is 9.69. The first-order chi connectivity index (χ1) is 14.0. The van der Waals surface area contributed by atoms with Crippen LogP contribution in [0.25, 0.3) is 6.08 Å². The SMILES string of the molecule is CCOC(=O)/C(C)=C/c1ccc(C(O)c2ccc3c(c2)C(C)(C)CCC3(C)C)cc1. The van der Waals surface area contributed by atoms with Crippen LogP contribution in [0.2, 0.25) is 0 Å². The van der Waals surface area contributed by atoms with Crippen molar-refractivity contribution in [1.82, 2.24) is 0 Å². The van der Waals surface area contributed by atoms with E-state index in [0.29, 0.717) is 12.2 Å². The van der Waals surface area contributed by atoms with E-state index < -0.39 is 6.10 Å². The molecule has 0 radical (unpaired) electrons. The summed E-state index contributed by atoms with van der Waals surface area (Å²) in [5.74, 6) is -0.304. The van der Waals surface area contributed by atoms with Crippen LogP contribution in [0, 0.1) is 0 Å². The topological polar surface area (TPSA) is 46.5 Å². The van der Waals surface area contributed by atoms with Crippen molar-refractivity contribution in [3.05, 3.63) is 75.9 Å². The van der Waals surface area contributed by atoms with Gasteiger partial charge in [0.25, 0.3) is 0 Å². The van der Waals surface area contributed by atoms with Crippen LogP contribution in [-0.2, 0) is 20.4 Å². The van der Waals surface area contributed by atoms with Crippen molar-refractivity contribution in [2.75, 3.05) is 6.61 Å². The molecule has 0 heterocycles. The van der Waals surface area contributed by atoms with Gasteiger partial charge in [0.2, 0.25) is 0 Å². The standard InChI is InChI=1S/C27H34O3/c1-7-30-25(29)18(2)16-19-8-10-20(11-9-19)24(28)21-12-13-22-23(17-21)27(5,6)15-14-26(22,3)4/h8-13,16-17,24,28H,7,14-15H2,1-6H3/b18-16+. The van der Waals surface area contributed by atoms with Crippen molar-refractivity contribution in [3.63, 3.8) is 0 Å². The van der Waals surface area contributed by atoms with Gasteiger partial charge in [0, 0.05) is 5.57 Å². The van der Waals surface area contributed by atoms with Gasteiger partial charge in [0.15, 0.2) is 0 Å². The Labute approximate surface area is 180 Å². The fraction of sp³-hybridized carbons (Fsp3) is 0.444. The van der Waals surface area contributed by atoms with Gasteiger partial charge in [0.1, 0.15) is 6.10 Å². The monoisotopic (exact) mass is 406 g/mol. The first-order valence-electron chi connectivity index (χ1n) is 10.8. The summed E-state index contributed by atoms with van der Waals surface area (Å²) in [6.45, 7) is 13.1. The number of ether oxygens (including phenoxy) is 1. The van der Waals surface area contributed by atoms with Gasteiger partial charge < -0.3 is 9.84 Å². The van der Waals surface area contributed by atoms with Crippen LogP contribution in [0.3, 0.4) is 0 Å². The molecule has 1 unspecified atom stereocenters. The molecule has 1 aliphatic rings. The van der Waals surface area contributed by atoms with Crippen molar-refractivity contribution in [2.24, 2.45) is 0 Å². The molecule has 0 fully saturated rings. The lowest BCUT2D eigenvalue weighted by Gasteiger charge is -2.42. The van der Waals surface area contributed by atoms with E-state index in [2.05, 4.69) is 45.9 Å². The zero-order valence-corrected chi connectivity index (χ0v) is 19.1. The number of carbonyl (C=O) groups excluding carboxylic acids is 1. The van der Waals surface area contributed by atoms with Crippen LogP contribution < -0.4 is 0 Å². The molecule has 0 amide bonds. The highest BCUT2D eigenvalue weighted by Gasteiger charge is 2.37. The van der Waals surface area contributed by atoms with E-state index in [1.54, 1.807) is 19.9 Å². The number of aliphatic hydroxyl groups is 1. The Morgan fingerprint density at radius 1 is 1.00 bits per heavy atom. The highest BCUT2D eigenvalue weighted by molar-refractivity contribution is 5.92. The summed E-state index contributed by atoms with van der Waals surface area (Å²) < 4.78 is 5.03. The average molecular weight is 407 g/mol. The van der Waals surface area contributed by atoms with Crippen LogP contribution >= 0.6 is 0 Å². The summed E-state index contributed by atoms with van der Waals surface area (Å²) in [5.41, 5.74) is 6.25. The van der Waals surface area contributed by atoms with Gasteiger partial charge in [-0.25, -0.2) is 4.79 Å². The third-order valence-corrected chi connectivity index (χ3v) is 6.43. The maximum atomic E-state index is 11.8. The molecule has 0 aromatic heterocycles. The molecule has 160 valence electrons. The van der Waals surface area contributed by atoms with E-state index in [9.17, 15) is 9.90 Å². The number of hydrogen-bond acceptors (Lipinski definition) is 3. The first kappa shape index (κ1) is 22.3. The molecule has 3 heteroatoms. The Morgan fingerprint density at radius 2 is 1.57 bits per heavy atom. The molecule has 0 spiro atoms. The van der Waals surface area contributed by atoms with Gasteiger partial charge in [-0.15, -0.1) is 0 Å². The molecule has 1 aliphatic carbocycles. The van der Waals surface area contributed by atoms with Gasteiger partial charge in [-0.05, 0) is 71.4 Å². The minimum atomic E-state index is -0.680. The Bertz CT molecular complexity index is 949. The number of carbonyl (C=O) groups is 1. The number of hydrogen-bond donors (Lipinski definition) is 1. The van der Waals surface area contributed by atoms with Crippen molar-refractivity contribution in [2.45, 2.75) is 71.3 Å². The van der Waals surface area contributed by atoms with Gasteiger partial charge >= 0.3 is 5.97 Å². The average Bonchev–Trinajstić information content (AvgIpc) is 2.71. The zero-order valence-electron chi connectivity index (χ0n) is 19.1. The lowest BCUT2D eigenvalue weighted by molar-refractivity contribution is -0.138. The summed E-state index contributed by atoms with van der Waals surface area (Å²) in [6.07, 6.45) is 3.44. The summed E-state index contributed by atoms with van der Waals surface area (Å²) in [7, 11) is 0. The maximum Gasteiger partial charge on any atom is 0.333 e. The fourth-order valence-corrected chi connectivity index (χ4v) is 4.30. The van der Waals surface area contributed by atoms with E-state index in [1.165, 1.54) is 17.5 Å². The smallest absolute Gasteiger partial charge is 0.333 e. The highest BCUT2D eigenvalue weighted by Crippen LogP contribution is 2.46. The molecule has 0 saturated carbocycles. The van der Waals surface area contributed by atoms with E-state index in [0.717, 1.165) is 23.1 Å². The largest absolute Gasteiger partial charge is 0.463 e. The Balaban J connectivity index is 1.86. The van der Waals surface area contributed by atoms with Crippen molar-refractivity contribution in [3.8, 4) is 0 Å². The third-order valence-electron chi connectivity index (χ3n) is 6.43. The van der Waals surface area contributed by atoms with Crippen LogP contribution in [0.5, 0.6) is 0 Å². The van der Waals surface area contributed by atoms with E-state index >= 15 is 0 Å². The molecule has 2 aromatic carbocycles. The number of benzene rings is 2. The van der Waals surface area contributed by atoms with Crippen molar-refractivity contribution >= 4 is 12.0 Å². The van der Waals surface area contributed by atoms with Crippen LogP contribution in [0.15, 0.2) is 48.0 Å². The first-order valence-corrected chi connectivity index (χ1v) is 10.8. The molecule has 3 rings (SSSR count). The normalized spacial score (nSPS) is 18.4. The predicted molar refractivity (Wildman–Crippen MR) is 123 cm³/mol. The van der Waals surface area contributed by atoms with Gasteiger partial charge in [-0.1, -0.05) is 70.2 Å². The van der Waals surface area contributed by atoms with E-state index in [4.69, 9.17) is 4.74 Å². The summed E-state index contributed by atoms with van der Waals surface area (Å²) in [4.78, 5) is 11.8. The molecule has 0 saturated heterocycles. The number of aliphatic hydroxyl groups excluding tert-OH is 1. The predicted octanol–water partition coefficient (Wildman–Crippen LogP) is 6.08. The molecule has 1 N–H and O–H groups in total. The molecule has 1 atom stereocenters. The van der Waals surface area contributed by atoms with E-state index in [-0.39, 0.29) is 16.8 Å². The van der Waals surface area contributed by atoms with Gasteiger partial charge in [-0.2, -0.15) is 0 Å². The Kier molecular flexibility index (Phi) is 6.24. The molecular formula is C27H34O3. The second kappa shape index (κ2) is 8.39. The van der Waals surface area contributed by atoms with Crippen LogP contribution in [0.4, 0.5) is 0 Å². The van der Waals surface area contributed by atoms with Gasteiger partial charge in [0.05, 0.1) is 6.61 Å². The molecule has 3 nitrogen and oxygen atoms in total. The lowest BCUT2D eigenvalue weighted by Crippen LogP contribution is -2.34. The minimum absolute atomic E-state index is 0.111. The molecular weight excluding hydrogens is 372 g/mol. The molecule has 0 bridgehead atoms. The zero-order chi connectivity index (χ0) is 22.1. The minimum Gasteiger partial charge on any atom is -0.463 e. The van der Waals surface area contributed by atoms with Gasteiger partial charge in [-0.3, -0.25) is 0 Å². The molecule has 30 heavy (non-hydrogen) atoms. The number of rotatable bonds is 5. The van der Waals surface area contributed by atoms with Crippen molar-refractivity contribution < 1.29 is 14.6 Å². The summed E-state index contributed by atoms with van der Waals surface area (Å²) in [5, 5.41) is 11.0. The third kappa shape index (κ3) is 4.52. The number of esters is 1. The summed E-state index contributed by atoms with van der Waals surface area (Å²) >= 11 is 0. The second-order valence-corrected chi connectivity index (χ2v) is 9.69. The number of fused-ring (bicyclic) bond motifs is 1. The lowest BCUT2D eigenvalue weighted by atomic mass is 9.63. The molecule has 0 aliphatic heterocycles. The molecule has 2 aromatic rings. The van der Waals surface area contributed by atoms with Crippen LogP contribution in [-0.4, -0.2) is 17.7 Å². The highest BCUT2D eigenvalue weighted by atomic mass is 16.5. The maximum absolute atomic E-state index is 11.8. The summed E-state index contributed by atoms with van der Waals surface area (Å²) in [6, 6.07) is 14.1. The van der Waals surface area contributed by atoms with Crippen molar-refractivity contribution in [1.29, 1.82) is 0 Å².